The van der Waals surface area contributed by atoms with Gasteiger partial charge in [0.1, 0.15) is 0 Å². The van der Waals surface area contributed by atoms with E-state index in [9.17, 15) is 9.59 Å². The molecule has 0 radical (unpaired) electrons. The molecular formula is C16H20N2O3. The Bertz CT molecular complexity index is 541. The molecule has 21 heavy (non-hydrogen) atoms. The van der Waals surface area contributed by atoms with Crippen molar-refractivity contribution >= 4 is 11.8 Å². The molecule has 5 heteroatoms. The average Bonchev–Trinajstić information content (AvgIpc) is 2.47. The molecule has 2 amide bonds. The maximum absolute atomic E-state index is 12.1. The summed E-state index contributed by atoms with van der Waals surface area (Å²) in [7, 11) is 1.59. The van der Waals surface area contributed by atoms with E-state index in [0.29, 0.717) is 18.5 Å². The van der Waals surface area contributed by atoms with E-state index in [1.54, 1.807) is 31.3 Å². The van der Waals surface area contributed by atoms with E-state index in [4.69, 9.17) is 5.11 Å². The second-order valence-corrected chi connectivity index (χ2v) is 4.47. The van der Waals surface area contributed by atoms with E-state index in [-0.39, 0.29) is 25.0 Å². The van der Waals surface area contributed by atoms with Gasteiger partial charge in [0.05, 0.1) is 13.2 Å². The highest BCUT2D eigenvalue weighted by Gasteiger charge is 2.14. The fourth-order valence-corrected chi connectivity index (χ4v) is 1.68. The number of nitrogens with zero attached hydrogens (tertiary/aromatic N) is 1. The molecule has 0 aromatic heterocycles. The van der Waals surface area contributed by atoms with E-state index < -0.39 is 0 Å². The topological polar surface area (TPSA) is 69.6 Å². The molecule has 0 fully saturated rings. The van der Waals surface area contributed by atoms with Crippen molar-refractivity contribution in [2.75, 3.05) is 26.7 Å². The van der Waals surface area contributed by atoms with Gasteiger partial charge in [-0.15, -0.1) is 0 Å². The van der Waals surface area contributed by atoms with Gasteiger partial charge in [0.15, 0.2) is 0 Å². The number of aliphatic hydroxyl groups excluding tert-OH is 1. The van der Waals surface area contributed by atoms with Crippen LogP contribution >= 0.6 is 0 Å². The molecule has 0 bridgehead atoms. The summed E-state index contributed by atoms with van der Waals surface area (Å²) < 4.78 is 0. The molecule has 112 valence electrons. The normalized spacial score (nSPS) is 9.48. The Morgan fingerprint density at radius 1 is 1.29 bits per heavy atom. The Labute approximate surface area is 125 Å². The van der Waals surface area contributed by atoms with Gasteiger partial charge < -0.3 is 15.3 Å². The second-order valence-electron chi connectivity index (χ2n) is 4.47. The predicted octanol–water partition coefficient (Wildman–Crippen LogP) is 0.629. The highest BCUT2D eigenvalue weighted by Crippen LogP contribution is 2.06. The highest BCUT2D eigenvalue weighted by atomic mass is 16.2. The van der Waals surface area contributed by atoms with Gasteiger partial charge in [-0.2, -0.15) is 0 Å². The Morgan fingerprint density at radius 2 is 1.95 bits per heavy atom. The standard InChI is InChI=1S/C16H20N2O3/c1-3-17-15(20)12-18(2)16(21)14-9-7-13(8-10-14)6-4-5-11-19/h7-10,19H,3,5,11-12H2,1-2H3,(H,17,20). The first-order chi connectivity index (χ1) is 10.1. The number of amides is 2. The van der Waals surface area contributed by atoms with Gasteiger partial charge in [-0.05, 0) is 31.2 Å². The summed E-state index contributed by atoms with van der Waals surface area (Å²) in [6, 6.07) is 6.86. The molecule has 0 aliphatic carbocycles. The molecule has 0 aliphatic heterocycles. The lowest BCUT2D eigenvalue weighted by Crippen LogP contribution is -2.38. The molecule has 5 nitrogen and oxygen atoms in total. The third-order valence-corrected chi connectivity index (χ3v) is 2.70. The van der Waals surface area contributed by atoms with Crippen molar-refractivity contribution in [3.63, 3.8) is 0 Å². The average molecular weight is 288 g/mol. The van der Waals surface area contributed by atoms with Crippen molar-refractivity contribution in [2.24, 2.45) is 0 Å². The molecule has 0 saturated carbocycles. The number of likely N-dealkylation sites (N-methyl/N-ethyl adjacent to an activating group) is 2. The first-order valence-electron chi connectivity index (χ1n) is 6.80. The number of carbonyl (C=O) groups excluding carboxylic acids is 2. The molecular weight excluding hydrogens is 268 g/mol. The van der Waals surface area contributed by atoms with Crippen molar-refractivity contribution in [1.82, 2.24) is 10.2 Å². The molecule has 0 heterocycles. The SMILES string of the molecule is CCNC(=O)CN(C)C(=O)c1ccc(C#CCCO)cc1. The van der Waals surface area contributed by atoms with Gasteiger partial charge in [0.25, 0.3) is 5.91 Å². The lowest BCUT2D eigenvalue weighted by Gasteiger charge is -2.16. The van der Waals surface area contributed by atoms with E-state index in [1.165, 1.54) is 4.90 Å². The highest BCUT2D eigenvalue weighted by molar-refractivity contribution is 5.96. The molecule has 0 aliphatic rings. The molecule has 1 aromatic carbocycles. The van der Waals surface area contributed by atoms with Gasteiger partial charge >= 0.3 is 0 Å². The number of aliphatic hydroxyl groups is 1. The predicted molar refractivity (Wildman–Crippen MR) is 80.7 cm³/mol. The van der Waals surface area contributed by atoms with E-state index in [1.807, 2.05) is 6.92 Å². The van der Waals surface area contributed by atoms with Crippen LogP contribution in [0.1, 0.15) is 29.3 Å². The van der Waals surface area contributed by atoms with Crippen molar-refractivity contribution < 1.29 is 14.7 Å². The Balaban J connectivity index is 2.66. The van der Waals surface area contributed by atoms with Crippen molar-refractivity contribution in [1.29, 1.82) is 0 Å². The van der Waals surface area contributed by atoms with E-state index >= 15 is 0 Å². The molecule has 0 unspecified atom stereocenters. The summed E-state index contributed by atoms with van der Waals surface area (Å²) in [6.07, 6.45) is 0.427. The van der Waals surface area contributed by atoms with Crippen LogP contribution in [0.3, 0.4) is 0 Å². The summed E-state index contributed by atoms with van der Waals surface area (Å²) in [5.74, 6) is 5.31. The third kappa shape index (κ3) is 5.67. The lowest BCUT2D eigenvalue weighted by molar-refractivity contribution is -0.121. The quantitative estimate of drug-likeness (QED) is 0.781. The lowest BCUT2D eigenvalue weighted by atomic mass is 10.1. The summed E-state index contributed by atoms with van der Waals surface area (Å²) >= 11 is 0. The zero-order valence-corrected chi connectivity index (χ0v) is 12.3. The number of rotatable bonds is 5. The zero-order chi connectivity index (χ0) is 15.7. The van der Waals surface area contributed by atoms with Crippen LogP contribution in [0.2, 0.25) is 0 Å². The van der Waals surface area contributed by atoms with Crippen LogP contribution in [0, 0.1) is 11.8 Å². The van der Waals surface area contributed by atoms with Gasteiger partial charge in [-0.1, -0.05) is 11.8 Å². The third-order valence-electron chi connectivity index (χ3n) is 2.70. The largest absolute Gasteiger partial charge is 0.395 e. The van der Waals surface area contributed by atoms with Crippen LogP contribution in [0.4, 0.5) is 0 Å². The summed E-state index contributed by atoms with van der Waals surface area (Å²) in [5.41, 5.74) is 1.29. The monoisotopic (exact) mass is 288 g/mol. The number of benzene rings is 1. The van der Waals surface area contributed by atoms with Crippen molar-refractivity contribution in [3.8, 4) is 11.8 Å². The van der Waals surface area contributed by atoms with Gasteiger partial charge in [-0.25, -0.2) is 0 Å². The molecule has 1 rings (SSSR count). The van der Waals surface area contributed by atoms with Gasteiger partial charge in [0.2, 0.25) is 5.91 Å². The first-order valence-corrected chi connectivity index (χ1v) is 6.80. The number of hydrogen-bond acceptors (Lipinski definition) is 3. The van der Waals surface area contributed by atoms with Gasteiger partial charge in [0, 0.05) is 31.1 Å². The minimum absolute atomic E-state index is 0.0325. The minimum atomic E-state index is -0.212. The zero-order valence-electron chi connectivity index (χ0n) is 12.3. The summed E-state index contributed by atoms with van der Waals surface area (Å²) in [4.78, 5) is 25.0. The second kappa shape index (κ2) is 8.77. The maximum Gasteiger partial charge on any atom is 0.254 e. The van der Waals surface area contributed by atoms with Crippen molar-refractivity contribution in [2.45, 2.75) is 13.3 Å². The number of nitrogens with one attached hydrogen (secondary N) is 1. The number of hydrogen-bond donors (Lipinski definition) is 2. The van der Waals surface area contributed by atoms with Crippen LogP contribution < -0.4 is 5.32 Å². The van der Waals surface area contributed by atoms with Crippen LogP contribution in [0.25, 0.3) is 0 Å². The van der Waals surface area contributed by atoms with Crippen LogP contribution in [0.15, 0.2) is 24.3 Å². The van der Waals surface area contributed by atoms with Crippen LogP contribution in [-0.2, 0) is 4.79 Å². The van der Waals surface area contributed by atoms with Crippen LogP contribution in [-0.4, -0.2) is 48.6 Å². The Hall–Kier alpha value is -2.32. The molecule has 0 spiro atoms. The maximum atomic E-state index is 12.1. The Kier molecular flexibility index (Phi) is 6.99. The number of carbonyl (C=O) groups is 2. The molecule has 2 N–H and O–H groups in total. The minimum Gasteiger partial charge on any atom is -0.395 e. The van der Waals surface area contributed by atoms with E-state index in [0.717, 1.165) is 5.56 Å². The fraction of sp³-hybridized carbons (Fsp3) is 0.375. The summed E-state index contributed by atoms with van der Waals surface area (Å²) in [5, 5.41) is 11.3. The first kappa shape index (κ1) is 16.7. The van der Waals surface area contributed by atoms with E-state index in [2.05, 4.69) is 17.2 Å². The molecule has 1 aromatic rings. The Morgan fingerprint density at radius 3 is 2.52 bits per heavy atom. The smallest absolute Gasteiger partial charge is 0.254 e. The molecule has 0 saturated heterocycles. The fourth-order valence-electron chi connectivity index (χ4n) is 1.68. The van der Waals surface area contributed by atoms with Crippen molar-refractivity contribution in [3.05, 3.63) is 35.4 Å². The van der Waals surface area contributed by atoms with Crippen LogP contribution in [0.5, 0.6) is 0 Å². The summed E-state index contributed by atoms with van der Waals surface area (Å²) in [6.45, 7) is 2.44. The molecule has 0 atom stereocenters. The van der Waals surface area contributed by atoms with Gasteiger partial charge in [-0.3, -0.25) is 9.59 Å².